The van der Waals surface area contributed by atoms with E-state index < -0.39 is 25.8 Å². The highest BCUT2D eigenvalue weighted by Crippen LogP contribution is 2.30. The van der Waals surface area contributed by atoms with Gasteiger partial charge in [0.2, 0.25) is 11.1 Å². The van der Waals surface area contributed by atoms with Crippen LogP contribution in [0.3, 0.4) is 0 Å². The Hall–Kier alpha value is -1.22. The van der Waals surface area contributed by atoms with Crippen molar-refractivity contribution in [3.05, 3.63) is 12.2 Å². The Morgan fingerprint density at radius 1 is 1.09 bits per heavy atom. The zero-order chi connectivity index (χ0) is 17.9. The summed E-state index contributed by atoms with van der Waals surface area (Å²) < 4.78 is 22.5. The molecule has 0 radical (unpaired) electrons. The number of rotatable bonds is 11. The van der Waals surface area contributed by atoms with Crippen LogP contribution < -0.4 is 5.32 Å². The first kappa shape index (κ1) is 21.8. The van der Waals surface area contributed by atoms with Gasteiger partial charge in [0.05, 0.1) is 7.11 Å². The standard InChI is InChI=1S/C15H29NO6Si/c1-7-11-12-15(14(18)19-6,16-13(5)17)23(20-8-2,21-9-3)22-10-4/h7,11H,8-10,12H2,1-6H3,(H,16,17)/b11-7-. The van der Waals surface area contributed by atoms with Gasteiger partial charge in [-0.1, -0.05) is 12.2 Å². The molecular formula is C15H29NO6Si. The lowest BCUT2D eigenvalue weighted by atomic mass is 10.2. The number of ether oxygens (including phenoxy) is 1. The molecule has 8 heteroatoms. The summed E-state index contributed by atoms with van der Waals surface area (Å²) in [6, 6.07) is 0. The van der Waals surface area contributed by atoms with Crippen LogP contribution in [-0.4, -0.2) is 52.8 Å². The minimum Gasteiger partial charge on any atom is -0.467 e. The number of hydrogen-bond acceptors (Lipinski definition) is 6. The summed E-state index contributed by atoms with van der Waals surface area (Å²) >= 11 is 0. The maximum absolute atomic E-state index is 12.7. The van der Waals surface area contributed by atoms with E-state index in [1.807, 2.05) is 6.92 Å². The number of esters is 1. The summed E-state index contributed by atoms with van der Waals surface area (Å²) in [5.74, 6) is -1.04. The van der Waals surface area contributed by atoms with Crippen LogP contribution in [-0.2, 0) is 27.6 Å². The van der Waals surface area contributed by atoms with E-state index in [1.54, 1.807) is 32.9 Å². The molecular weight excluding hydrogens is 318 g/mol. The Morgan fingerprint density at radius 3 is 1.87 bits per heavy atom. The Labute approximate surface area is 139 Å². The van der Waals surface area contributed by atoms with Gasteiger partial charge in [-0.25, -0.2) is 4.79 Å². The molecule has 0 rings (SSSR count). The summed E-state index contributed by atoms with van der Waals surface area (Å²) in [5.41, 5.74) is 0. The van der Waals surface area contributed by atoms with Crippen LogP contribution in [0.4, 0.5) is 0 Å². The molecule has 0 spiro atoms. The van der Waals surface area contributed by atoms with Gasteiger partial charge in [-0.3, -0.25) is 4.79 Å². The molecule has 134 valence electrons. The van der Waals surface area contributed by atoms with Gasteiger partial charge in [-0.05, 0) is 27.7 Å². The zero-order valence-corrected chi connectivity index (χ0v) is 15.9. The molecule has 1 unspecified atom stereocenters. The topological polar surface area (TPSA) is 83.1 Å². The first-order chi connectivity index (χ1) is 10.9. The Morgan fingerprint density at radius 2 is 1.57 bits per heavy atom. The second kappa shape index (κ2) is 10.5. The van der Waals surface area contributed by atoms with E-state index >= 15 is 0 Å². The third-order valence-electron chi connectivity index (χ3n) is 3.11. The molecule has 0 heterocycles. The van der Waals surface area contributed by atoms with Crippen molar-refractivity contribution in [3.63, 3.8) is 0 Å². The van der Waals surface area contributed by atoms with Crippen molar-refractivity contribution in [2.24, 2.45) is 0 Å². The predicted molar refractivity (Wildman–Crippen MR) is 88.6 cm³/mol. The van der Waals surface area contributed by atoms with Crippen LogP contribution in [0.15, 0.2) is 12.2 Å². The number of carbonyl (C=O) groups excluding carboxylic acids is 2. The molecule has 7 nitrogen and oxygen atoms in total. The van der Waals surface area contributed by atoms with Crippen molar-refractivity contribution in [1.82, 2.24) is 5.32 Å². The molecule has 0 aromatic carbocycles. The highest BCUT2D eigenvalue weighted by molar-refractivity contribution is 6.69. The number of amides is 1. The average Bonchev–Trinajstić information content (AvgIpc) is 2.50. The fourth-order valence-corrected chi connectivity index (χ4v) is 5.52. The molecule has 0 saturated carbocycles. The minimum atomic E-state index is -3.62. The van der Waals surface area contributed by atoms with E-state index in [4.69, 9.17) is 18.0 Å². The van der Waals surface area contributed by atoms with Crippen molar-refractivity contribution in [1.29, 1.82) is 0 Å². The molecule has 0 aromatic heterocycles. The fourth-order valence-electron chi connectivity index (χ4n) is 2.35. The van der Waals surface area contributed by atoms with Gasteiger partial charge in [0.1, 0.15) is 0 Å². The first-order valence-electron chi connectivity index (χ1n) is 7.79. The van der Waals surface area contributed by atoms with Gasteiger partial charge < -0.3 is 23.3 Å². The zero-order valence-electron chi connectivity index (χ0n) is 14.9. The Bertz CT molecular complexity index is 398. The van der Waals surface area contributed by atoms with Gasteiger partial charge in [0, 0.05) is 33.2 Å². The normalized spacial score (nSPS) is 14.5. The van der Waals surface area contributed by atoms with Gasteiger partial charge in [0.15, 0.2) is 0 Å². The van der Waals surface area contributed by atoms with E-state index in [9.17, 15) is 9.59 Å². The van der Waals surface area contributed by atoms with E-state index in [2.05, 4.69) is 5.32 Å². The largest absolute Gasteiger partial charge is 0.540 e. The molecule has 0 aliphatic heterocycles. The van der Waals surface area contributed by atoms with Crippen molar-refractivity contribution in [2.75, 3.05) is 26.9 Å². The average molecular weight is 347 g/mol. The monoisotopic (exact) mass is 347 g/mol. The second-order valence-corrected chi connectivity index (χ2v) is 7.54. The van der Waals surface area contributed by atoms with Crippen LogP contribution in [0.1, 0.15) is 41.0 Å². The Balaban J connectivity index is 6.31. The second-order valence-electron chi connectivity index (χ2n) is 4.71. The van der Waals surface area contributed by atoms with E-state index in [-0.39, 0.29) is 26.2 Å². The summed E-state index contributed by atoms with van der Waals surface area (Å²) in [5, 5.41) is 1.17. The van der Waals surface area contributed by atoms with Crippen molar-refractivity contribution >= 4 is 20.7 Å². The molecule has 23 heavy (non-hydrogen) atoms. The molecule has 0 bridgehead atoms. The molecule has 0 fully saturated rings. The fraction of sp³-hybridized carbons (Fsp3) is 0.733. The third-order valence-corrected chi connectivity index (χ3v) is 6.69. The van der Waals surface area contributed by atoms with Gasteiger partial charge in [0.25, 0.3) is 0 Å². The van der Waals surface area contributed by atoms with E-state index in [0.29, 0.717) is 0 Å². The quantitative estimate of drug-likeness (QED) is 0.347. The summed E-state index contributed by atoms with van der Waals surface area (Å²) in [6.45, 7) is 9.33. The molecule has 0 aliphatic rings. The predicted octanol–water partition coefficient (Wildman–Crippen LogP) is 1.59. The van der Waals surface area contributed by atoms with E-state index in [0.717, 1.165) is 0 Å². The maximum atomic E-state index is 12.7. The molecule has 1 N–H and O–H groups in total. The van der Waals surface area contributed by atoms with Gasteiger partial charge >= 0.3 is 14.8 Å². The van der Waals surface area contributed by atoms with Crippen LogP contribution in [0.25, 0.3) is 0 Å². The highest BCUT2D eigenvalue weighted by Gasteiger charge is 2.67. The minimum absolute atomic E-state index is 0.155. The molecule has 0 aromatic rings. The lowest BCUT2D eigenvalue weighted by molar-refractivity contribution is -0.150. The number of carbonyl (C=O) groups is 2. The van der Waals surface area contributed by atoms with Crippen LogP contribution in [0, 0.1) is 0 Å². The smallest absolute Gasteiger partial charge is 0.467 e. The molecule has 1 amide bonds. The highest BCUT2D eigenvalue weighted by atomic mass is 28.4. The Kier molecular flexibility index (Phi) is 9.97. The van der Waals surface area contributed by atoms with Crippen molar-refractivity contribution in [3.8, 4) is 0 Å². The summed E-state index contributed by atoms with van der Waals surface area (Å²) in [7, 11) is -2.36. The molecule has 0 saturated heterocycles. The van der Waals surface area contributed by atoms with E-state index in [1.165, 1.54) is 14.0 Å². The number of allylic oxidation sites excluding steroid dienone is 1. The van der Waals surface area contributed by atoms with Crippen LogP contribution >= 0.6 is 0 Å². The van der Waals surface area contributed by atoms with Gasteiger partial charge in [-0.15, -0.1) is 0 Å². The summed E-state index contributed by atoms with van der Waals surface area (Å²) in [6.07, 6.45) is 3.69. The third kappa shape index (κ3) is 5.13. The lowest BCUT2D eigenvalue weighted by Crippen LogP contribution is -2.76. The first-order valence-corrected chi connectivity index (χ1v) is 9.52. The van der Waals surface area contributed by atoms with Crippen LogP contribution in [0.2, 0.25) is 0 Å². The van der Waals surface area contributed by atoms with Crippen molar-refractivity contribution in [2.45, 2.75) is 46.2 Å². The number of nitrogens with one attached hydrogen (secondary N) is 1. The van der Waals surface area contributed by atoms with Gasteiger partial charge in [-0.2, -0.15) is 0 Å². The number of methoxy groups -OCH3 is 1. The van der Waals surface area contributed by atoms with Crippen LogP contribution in [0.5, 0.6) is 0 Å². The molecule has 0 aliphatic carbocycles. The SMILES string of the molecule is C/C=C\CC(NC(C)=O)(C(=O)OC)[Si](OCC)(OCC)OCC. The maximum Gasteiger partial charge on any atom is 0.540 e. The van der Waals surface area contributed by atoms with Crippen molar-refractivity contribution < 1.29 is 27.6 Å². The summed E-state index contributed by atoms with van der Waals surface area (Å²) in [4.78, 5) is 24.5. The molecule has 1 atom stereocenters. The lowest BCUT2D eigenvalue weighted by Gasteiger charge is -2.42. The number of hydrogen-bond donors (Lipinski definition) is 1.